The number of aromatic amines is 1. The Morgan fingerprint density at radius 1 is 1.31 bits per heavy atom. The van der Waals surface area contributed by atoms with Crippen molar-refractivity contribution in [1.82, 2.24) is 4.98 Å². The molecule has 0 spiro atoms. The van der Waals surface area contributed by atoms with Gasteiger partial charge in [-0.1, -0.05) is 13.8 Å². The van der Waals surface area contributed by atoms with E-state index in [4.69, 9.17) is 10.00 Å². The molecule has 0 atom stereocenters. The Bertz CT molecular complexity index is 520. The maximum absolute atomic E-state index is 8.90. The number of ether oxygens (including phenoxy) is 1. The van der Waals surface area contributed by atoms with Gasteiger partial charge in [0.25, 0.3) is 0 Å². The average molecular weight is 216 g/mol. The predicted octanol–water partition coefficient (Wildman–Crippen LogP) is 3.38. The molecule has 16 heavy (non-hydrogen) atoms. The quantitative estimate of drug-likeness (QED) is 0.794. The van der Waals surface area contributed by atoms with Gasteiger partial charge in [-0.3, -0.25) is 0 Å². The van der Waals surface area contributed by atoms with Crippen LogP contribution in [0.2, 0.25) is 0 Å². The number of hydrogen-bond acceptors (Lipinski definition) is 2. The van der Waals surface area contributed by atoms with Crippen molar-refractivity contribution in [2.45, 2.75) is 20.8 Å². The summed E-state index contributed by atoms with van der Waals surface area (Å²) in [6, 6.07) is 5.73. The molecule has 0 saturated heterocycles. The zero-order chi connectivity index (χ0) is 12.1. The average Bonchev–Trinajstić information content (AvgIpc) is 2.74. The van der Waals surface area contributed by atoms with Crippen molar-refractivity contribution >= 4 is 10.9 Å². The molecule has 0 fully saturated rings. The third-order valence-electron chi connectivity index (χ3n) is 2.33. The lowest BCUT2D eigenvalue weighted by Crippen LogP contribution is -1.86. The van der Waals surface area contributed by atoms with Crippen LogP contribution in [0.5, 0.6) is 5.75 Å². The Labute approximate surface area is 95.7 Å². The summed E-state index contributed by atoms with van der Waals surface area (Å²) in [5, 5.41) is 9.89. The molecule has 0 bridgehead atoms. The molecule has 0 aliphatic carbocycles. The normalized spacial score (nSPS) is 9.19. The topological polar surface area (TPSA) is 48.8 Å². The number of nitrogens with one attached hydrogen (secondary N) is 1. The van der Waals surface area contributed by atoms with Gasteiger partial charge < -0.3 is 9.72 Å². The minimum absolute atomic E-state index is 0.647. The molecule has 0 amide bonds. The molecule has 84 valence electrons. The van der Waals surface area contributed by atoms with Gasteiger partial charge in [-0.05, 0) is 24.6 Å². The second-order valence-electron chi connectivity index (χ2n) is 3.15. The number of H-pyrrole nitrogens is 1. The molecule has 0 aliphatic rings. The summed E-state index contributed by atoms with van der Waals surface area (Å²) >= 11 is 0. The van der Waals surface area contributed by atoms with Crippen LogP contribution in [-0.2, 0) is 0 Å². The Hall–Kier alpha value is -1.95. The van der Waals surface area contributed by atoms with E-state index in [0.717, 1.165) is 22.2 Å². The molecule has 3 heteroatoms. The van der Waals surface area contributed by atoms with E-state index in [1.807, 2.05) is 33.0 Å². The number of hydrogen-bond donors (Lipinski definition) is 1. The summed E-state index contributed by atoms with van der Waals surface area (Å²) in [6.45, 7) is 5.99. The summed E-state index contributed by atoms with van der Waals surface area (Å²) in [5.41, 5.74) is 2.59. The third kappa shape index (κ3) is 1.87. The number of aromatic nitrogens is 1. The Kier molecular flexibility index (Phi) is 3.96. The fraction of sp³-hybridized carbons (Fsp3) is 0.308. The molecule has 0 radical (unpaired) electrons. The van der Waals surface area contributed by atoms with Gasteiger partial charge in [-0.25, -0.2) is 0 Å². The van der Waals surface area contributed by atoms with E-state index in [0.29, 0.717) is 5.56 Å². The number of benzene rings is 1. The summed E-state index contributed by atoms with van der Waals surface area (Å²) < 4.78 is 5.24. The molecule has 0 saturated carbocycles. The van der Waals surface area contributed by atoms with Crippen LogP contribution in [0.3, 0.4) is 0 Å². The molecule has 1 N–H and O–H groups in total. The summed E-state index contributed by atoms with van der Waals surface area (Å²) in [5.74, 6) is 0.803. The minimum atomic E-state index is 0.647. The number of nitrogens with zero attached hydrogens (tertiary/aromatic N) is 1. The Morgan fingerprint density at radius 2 is 2.00 bits per heavy atom. The molecule has 2 aromatic rings. The number of aryl methyl sites for hydroxylation is 1. The molecule has 1 aromatic heterocycles. The second-order valence-corrected chi connectivity index (χ2v) is 3.15. The monoisotopic (exact) mass is 216 g/mol. The van der Waals surface area contributed by atoms with Gasteiger partial charge in [0.15, 0.2) is 0 Å². The zero-order valence-corrected chi connectivity index (χ0v) is 10.1. The van der Waals surface area contributed by atoms with Crippen molar-refractivity contribution in [3.8, 4) is 11.8 Å². The van der Waals surface area contributed by atoms with E-state index in [1.54, 1.807) is 13.2 Å². The lowest BCUT2D eigenvalue weighted by molar-refractivity contribution is 0.419. The van der Waals surface area contributed by atoms with Crippen molar-refractivity contribution in [2.75, 3.05) is 7.11 Å². The van der Waals surface area contributed by atoms with E-state index in [-0.39, 0.29) is 0 Å². The Morgan fingerprint density at radius 3 is 2.56 bits per heavy atom. The van der Waals surface area contributed by atoms with Crippen molar-refractivity contribution in [3.63, 3.8) is 0 Å². The molecule has 1 aromatic carbocycles. The first-order valence-corrected chi connectivity index (χ1v) is 5.32. The highest BCUT2D eigenvalue weighted by molar-refractivity contribution is 5.93. The smallest absolute Gasteiger partial charge is 0.128 e. The third-order valence-corrected chi connectivity index (χ3v) is 2.33. The van der Waals surface area contributed by atoms with Crippen LogP contribution >= 0.6 is 0 Å². The highest BCUT2D eigenvalue weighted by Crippen LogP contribution is 2.30. The van der Waals surface area contributed by atoms with Gasteiger partial charge in [0.05, 0.1) is 18.2 Å². The van der Waals surface area contributed by atoms with E-state index >= 15 is 0 Å². The molecule has 0 unspecified atom stereocenters. The maximum atomic E-state index is 8.90. The molecule has 0 aliphatic heterocycles. The zero-order valence-electron chi connectivity index (χ0n) is 10.1. The van der Waals surface area contributed by atoms with Gasteiger partial charge in [0.1, 0.15) is 11.8 Å². The summed E-state index contributed by atoms with van der Waals surface area (Å²) in [7, 11) is 1.63. The maximum Gasteiger partial charge on any atom is 0.128 e. The van der Waals surface area contributed by atoms with Gasteiger partial charge in [-0.15, -0.1) is 0 Å². The summed E-state index contributed by atoms with van der Waals surface area (Å²) in [4.78, 5) is 3.08. The fourth-order valence-corrected chi connectivity index (χ4v) is 1.64. The van der Waals surface area contributed by atoms with Gasteiger partial charge >= 0.3 is 0 Å². The van der Waals surface area contributed by atoms with Gasteiger partial charge in [0, 0.05) is 11.6 Å². The number of fused-ring (bicyclic) bond motifs is 1. The standard InChI is InChI=1S/C11H10N2O.C2H6/c1-7-6-13-11-8(5-12)3-4-9(14-2)10(7)11;1-2/h3-4,6,13H,1-2H3;1-2H3. The van der Waals surface area contributed by atoms with E-state index in [9.17, 15) is 0 Å². The first-order valence-electron chi connectivity index (χ1n) is 5.32. The highest BCUT2D eigenvalue weighted by Gasteiger charge is 2.09. The first kappa shape index (κ1) is 12.1. The molecular weight excluding hydrogens is 200 g/mol. The van der Waals surface area contributed by atoms with Gasteiger partial charge in [-0.2, -0.15) is 5.26 Å². The first-order chi connectivity index (χ1) is 7.77. The van der Waals surface area contributed by atoms with Crippen LogP contribution < -0.4 is 4.74 Å². The van der Waals surface area contributed by atoms with Crippen LogP contribution in [0.15, 0.2) is 18.3 Å². The lowest BCUT2D eigenvalue weighted by atomic mass is 10.1. The fourth-order valence-electron chi connectivity index (χ4n) is 1.64. The predicted molar refractivity (Wildman–Crippen MR) is 65.7 cm³/mol. The van der Waals surface area contributed by atoms with E-state index in [2.05, 4.69) is 11.1 Å². The summed E-state index contributed by atoms with van der Waals surface area (Å²) in [6.07, 6.45) is 1.88. The molecule has 3 nitrogen and oxygen atoms in total. The van der Waals surface area contributed by atoms with Gasteiger partial charge in [0.2, 0.25) is 0 Å². The largest absolute Gasteiger partial charge is 0.496 e. The van der Waals surface area contributed by atoms with Crippen LogP contribution in [0.4, 0.5) is 0 Å². The van der Waals surface area contributed by atoms with Crippen LogP contribution in [0.25, 0.3) is 10.9 Å². The number of nitriles is 1. The van der Waals surface area contributed by atoms with Crippen molar-refractivity contribution < 1.29 is 4.74 Å². The SMILES string of the molecule is CC.COc1ccc(C#N)c2[nH]cc(C)c12. The van der Waals surface area contributed by atoms with E-state index < -0.39 is 0 Å². The van der Waals surface area contributed by atoms with Crippen molar-refractivity contribution in [3.05, 3.63) is 29.5 Å². The molecule has 2 rings (SSSR count). The van der Waals surface area contributed by atoms with Crippen LogP contribution in [0, 0.1) is 18.3 Å². The second kappa shape index (κ2) is 5.22. The lowest BCUT2D eigenvalue weighted by Gasteiger charge is -2.03. The van der Waals surface area contributed by atoms with Crippen LogP contribution in [-0.4, -0.2) is 12.1 Å². The highest BCUT2D eigenvalue weighted by atomic mass is 16.5. The van der Waals surface area contributed by atoms with Crippen LogP contribution in [0.1, 0.15) is 25.0 Å². The molecule has 1 heterocycles. The number of rotatable bonds is 1. The Balaban J connectivity index is 0.000000606. The van der Waals surface area contributed by atoms with Crippen molar-refractivity contribution in [2.24, 2.45) is 0 Å². The minimum Gasteiger partial charge on any atom is -0.496 e. The molecular formula is C13H16N2O. The van der Waals surface area contributed by atoms with E-state index in [1.165, 1.54) is 0 Å². The number of methoxy groups -OCH3 is 1. The van der Waals surface area contributed by atoms with Crippen molar-refractivity contribution in [1.29, 1.82) is 5.26 Å².